The molecule has 3 rings (SSSR count). The van der Waals surface area contributed by atoms with Crippen molar-refractivity contribution in [3.05, 3.63) is 48.4 Å². The Hall–Kier alpha value is -2.23. The van der Waals surface area contributed by atoms with E-state index in [2.05, 4.69) is 10.4 Å². The fourth-order valence-corrected chi connectivity index (χ4v) is 1.81. The first-order chi connectivity index (χ1) is 8.31. The van der Waals surface area contributed by atoms with Gasteiger partial charge in [0.25, 0.3) is 0 Å². The first kappa shape index (κ1) is 9.96. The summed E-state index contributed by atoms with van der Waals surface area (Å²) in [5.41, 5.74) is 0.922. The molecule has 2 aromatic heterocycles. The first-order valence-corrected chi connectivity index (χ1v) is 5.52. The van der Waals surface area contributed by atoms with E-state index in [1.165, 1.54) is 0 Å². The number of para-hydroxylation sites is 1. The maximum atomic E-state index is 5.70. The molecule has 86 valence electrons. The maximum absolute atomic E-state index is 5.70. The van der Waals surface area contributed by atoms with Gasteiger partial charge in [-0.2, -0.15) is 5.10 Å². The van der Waals surface area contributed by atoms with Gasteiger partial charge in [0.1, 0.15) is 17.2 Å². The SMILES string of the molecule is Cn1ccc(NCc2cc3ccccc3o2)n1. The van der Waals surface area contributed by atoms with Gasteiger partial charge in [-0.05, 0) is 12.1 Å². The molecule has 0 bridgehead atoms. The molecule has 0 unspecified atom stereocenters. The third kappa shape index (κ3) is 2.01. The van der Waals surface area contributed by atoms with E-state index >= 15 is 0 Å². The normalized spacial score (nSPS) is 10.9. The van der Waals surface area contributed by atoms with Crippen LogP contribution in [0.1, 0.15) is 5.76 Å². The second-order valence-corrected chi connectivity index (χ2v) is 3.98. The number of hydrogen-bond donors (Lipinski definition) is 1. The molecule has 4 nitrogen and oxygen atoms in total. The first-order valence-electron chi connectivity index (χ1n) is 5.52. The van der Waals surface area contributed by atoms with Crippen molar-refractivity contribution in [3.8, 4) is 0 Å². The molecule has 1 aromatic carbocycles. The van der Waals surface area contributed by atoms with Gasteiger partial charge in [0.05, 0.1) is 6.54 Å². The summed E-state index contributed by atoms with van der Waals surface area (Å²) in [6.45, 7) is 0.645. The predicted molar refractivity (Wildman–Crippen MR) is 66.7 cm³/mol. The van der Waals surface area contributed by atoms with Crippen LogP contribution < -0.4 is 5.32 Å². The minimum Gasteiger partial charge on any atom is -0.459 e. The van der Waals surface area contributed by atoms with Crippen LogP contribution in [0, 0.1) is 0 Å². The van der Waals surface area contributed by atoms with Gasteiger partial charge in [-0.3, -0.25) is 4.68 Å². The van der Waals surface area contributed by atoms with E-state index in [0.29, 0.717) is 6.54 Å². The summed E-state index contributed by atoms with van der Waals surface area (Å²) in [7, 11) is 1.90. The van der Waals surface area contributed by atoms with E-state index in [4.69, 9.17) is 4.42 Å². The molecular weight excluding hydrogens is 214 g/mol. The molecule has 0 aliphatic rings. The van der Waals surface area contributed by atoms with Crippen LogP contribution in [0.25, 0.3) is 11.0 Å². The molecule has 0 aliphatic carbocycles. The molecule has 3 aromatic rings. The van der Waals surface area contributed by atoms with Gasteiger partial charge in [-0.25, -0.2) is 0 Å². The van der Waals surface area contributed by atoms with Crippen LogP contribution in [0.5, 0.6) is 0 Å². The van der Waals surface area contributed by atoms with Gasteiger partial charge in [-0.15, -0.1) is 0 Å². The molecule has 1 N–H and O–H groups in total. The number of fused-ring (bicyclic) bond motifs is 1. The van der Waals surface area contributed by atoms with Crippen molar-refractivity contribution in [2.45, 2.75) is 6.54 Å². The van der Waals surface area contributed by atoms with Crippen molar-refractivity contribution in [1.82, 2.24) is 9.78 Å². The van der Waals surface area contributed by atoms with E-state index < -0.39 is 0 Å². The minimum atomic E-state index is 0.645. The van der Waals surface area contributed by atoms with Gasteiger partial charge in [0.15, 0.2) is 0 Å². The summed E-state index contributed by atoms with van der Waals surface area (Å²) in [5, 5.41) is 8.59. The zero-order valence-corrected chi connectivity index (χ0v) is 9.55. The van der Waals surface area contributed by atoms with Crippen LogP contribution in [0.4, 0.5) is 5.82 Å². The largest absolute Gasteiger partial charge is 0.459 e. The third-order valence-corrected chi connectivity index (χ3v) is 2.63. The lowest BCUT2D eigenvalue weighted by Gasteiger charge is -1.98. The van der Waals surface area contributed by atoms with E-state index in [1.54, 1.807) is 4.68 Å². The maximum Gasteiger partial charge on any atom is 0.148 e. The van der Waals surface area contributed by atoms with Gasteiger partial charge >= 0.3 is 0 Å². The lowest BCUT2D eigenvalue weighted by atomic mass is 10.2. The molecular formula is C13H13N3O. The monoisotopic (exact) mass is 227 g/mol. The van der Waals surface area contributed by atoms with Crippen molar-refractivity contribution in [2.24, 2.45) is 7.05 Å². The summed E-state index contributed by atoms with van der Waals surface area (Å²) in [4.78, 5) is 0. The quantitative estimate of drug-likeness (QED) is 0.748. The number of anilines is 1. The van der Waals surface area contributed by atoms with E-state index in [-0.39, 0.29) is 0 Å². The third-order valence-electron chi connectivity index (χ3n) is 2.63. The van der Waals surface area contributed by atoms with E-state index in [1.807, 2.05) is 49.6 Å². The van der Waals surface area contributed by atoms with E-state index in [0.717, 1.165) is 22.5 Å². The highest BCUT2D eigenvalue weighted by molar-refractivity contribution is 5.77. The lowest BCUT2D eigenvalue weighted by molar-refractivity contribution is 0.559. The lowest BCUT2D eigenvalue weighted by Crippen LogP contribution is -1.99. The van der Waals surface area contributed by atoms with Crippen molar-refractivity contribution in [1.29, 1.82) is 0 Å². The number of hydrogen-bond acceptors (Lipinski definition) is 3. The summed E-state index contributed by atoms with van der Waals surface area (Å²) < 4.78 is 7.46. The topological polar surface area (TPSA) is 43.0 Å². The number of nitrogens with zero attached hydrogens (tertiary/aromatic N) is 2. The summed E-state index contributed by atoms with van der Waals surface area (Å²) in [6.07, 6.45) is 1.90. The zero-order valence-electron chi connectivity index (χ0n) is 9.55. The number of rotatable bonds is 3. The van der Waals surface area contributed by atoms with Crippen molar-refractivity contribution in [2.75, 3.05) is 5.32 Å². The van der Waals surface area contributed by atoms with Crippen molar-refractivity contribution >= 4 is 16.8 Å². The molecule has 4 heteroatoms. The highest BCUT2D eigenvalue weighted by Gasteiger charge is 2.03. The van der Waals surface area contributed by atoms with Crippen molar-refractivity contribution in [3.63, 3.8) is 0 Å². The summed E-state index contributed by atoms with van der Waals surface area (Å²) >= 11 is 0. The standard InChI is InChI=1S/C13H13N3O/c1-16-7-6-13(15-16)14-9-11-8-10-4-2-3-5-12(10)17-11/h2-8H,9H2,1H3,(H,14,15). The Morgan fingerprint density at radius 3 is 2.94 bits per heavy atom. The Morgan fingerprint density at radius 2 is 2.18 bits per heavy atom. The number of furan rings is 1. The van der Waals surface area contributed by atoms with Crippen LogP contribution >= 0.6 is 0 Å². The average molecular weight is 227 g/mol. The van der Waals surface area contributed by atoms with E-state index in [9.17, 15) is 0 Å². The fraction of sp³-hybridized carbons (Fsp3) is 0.154. The van der Waals surface area contributed by atoms with Gasteiger partial charge in [0.2, 0.25) is 0 Å². The molecule has 0 aliphatic heterocycles. The van der Waals surface area contributed by atoms with Crippen LogP contribution in [-0.2, 0) is 13.6 Å². The van der Waals surface area contributed by atoms with Crippen LogP contribution in [0.2, 0.25) is 0 Å². The molecule has 0 spiro atoms. The van der Waals surface area contributed by atoms with Gasteiger partial charge in [-0.1, -0.05) is 18.2 Å². The van der Waals surface area contributed by atoms with Crippen molar-refractivity contribution < 1.29 is 4.42 Å². The number of nitrogens with one attached hydrogen (secondary N) is 1. The minimum absolute atomic E-state index is 0.645. The van der Waals surface area contributed by atoms with Crippen LogP contribution in [-0.4, -0.2) is 9.78 Å². The Morgan fingerprint density at radius 1 is 1.29 bits per heavy atom. The number of benzene rings is 1. The highest BCUT2D eigenvalue weighted by Crippen LogP contribution is 2.19. The van der Waals surface area contributed by atoms with Crippen LogP contribution in [0.15, 0.2) is 47.0 Å². The Labute approximate surface area is 98.9 Å². The van der Waals surface area contributed by atoms with Gasteiger partial charge in [0, 0.05) is 24.7 Å². The predicted octanol–water partition coefficient (Wildman–Crippen LogP) is 2.78. The molecule has 0 amide bonds. The number of aromatic nitrogens is 2. The Bertz CT molecular complexity index is 606. The second kappa shape index (κ2) is 3.97. The molecule has 17 heavy (non-hydrogen) atoms. The second-order valence-electron chi connectivity index (χ2n) is 3.98. The molecule has 0 saturated heterocycles. The molecule has 0 fully saturated rings. The van der Waals surface area contributed by atoms with Crippen LogP contribution in [0.3, 0.4) is 0 Å². The average Bonchev–Trinajstić information content (AvgIpc) is 2.91. The Balaban J connectivity index is 1.76. The Kier molecular flexibility index (Phi) is 2.33. The summed E-state index contributed by atoms with van der Waals surface area (Å²) in [6, 6.07) is 12.0. The molecule has 0 saturated carbocycles. The number of aryl methyl sites for hydroxylation is 1. The fourth-order valence-electron chi connectivity index (χ4n) is 1.81. The van der Waals surface area contributed by atoms with Gasteiger partial charge < -0.3 is 9.73 Å². The smallest absolute Gasteiger partial charge is 0.148 e. The molecule has 0 radical (unpaired) electrons. The molecule has 0 atom stereocenters. The highest BCUT2D eigenvalue weighted by atomic mass is 16.3. The summed E-state index contributed by atoms with van der Waals surface area (Å²) in [5.74, 6) is 1.77. The zero-order chi connectivity index (χ0) is 11.7. The molecule has 2 heterocycles.